The van der Waals surface area contributed by atoms with Crippen molar-refractivity contribution in [3.8, 4) is 0 Å². The van der Waals surface area contributed by atoms with E-state index in [0.717, 1.165) is 50.5 Å². The summed E-state index contributed by atoms with van der Waals surface area (Å²) in [5.74, 6) is -0.103. The lowest BCUT2D eigenvalue weighted by atomic mass is 10.1. The molecular weight excluding hydrogens is 346 g/mol. The highest BCUT2D eigenvalue weighted by Crippen LogP contribution is 2.29. The van der Waals surface area contributed by atoms with Gasteiger partial charge in [0.1, 0.15) is 0 Å². The van der Waals surface area contributed by atoms with Gasteiger partial charge in [-0.05, 0) is 49.2 Å². The zero-order valence-electron chi connectivity index (χ0n) is 15.5. The van der Waals surface area contributed by atoms with E-state index in [2.05, 4.69) is 24.1 Å². The van der Waals surface area contributed by atoms with Crippen LogP contribution in [0.5, 0.6) is 0 Å². The lowest BCUT2D eigenvalue weighted by molar-refractivity contribution is -0.898. The molecule has 5 heteroatoms. The van der Waals surface area contributed by atoms with Gasteiger partial charge in [-0.15, -0.1) is 0 Å². The molecule has 1 amide bonds. The minimum absolute atomic E-state index is 0.103. The SMILES string of the molecule is CCc1ccc(C(=O)Nc2cc(Cl)ccc2N2CC[NH+](CC)CC2)cc1. The van der Waals surface area contributed by atoms with Gasteiger partial charge in [0.25, 0.3) is 5.91 Å². The van der Waals surface area contributed by atoms with Crippen LogP contribution in [0.2, 0.25) is 5.02 Å². The number of rotatable bonds is 5. The average molecular weight is 373 g/mol. The van der Waals surface area contributed by atoms with Gasteiger partial charge in [0.05, 0.1) is 44.1 Å². The highest BCUT2D eigenvalue weighted by molar-refractivity contribution is 6.31. The first-order chi connectivity index (χ1) is 12.6. The quantitative estimate of drug-likeness (QED) is 0.846. The van der Waals surface area contributed by atoms with Crippen LogP contribution in [0.1, 0.15) is 29.8 Å². The number of carbonyl (C=O) groups excluding carboxylic acids is 1. The number of anilines is 2. The van der Waals surface area contributed by atoms with Crippen LogP contribution in [0.15, 0.2) is 42.5 Å². The number of piperazine rings is 1. The minimum Gasteiger partial charge on any atom is -0.359 e. The van der Waals surface area contributed by atoms with Crippen LogP contribution >= 0.6 is 11.6 Å². The summed E-state index contributed by atoms with van der Waals surface area (Å²) >= 11 is 6.20. The van der Waals surface area contributed by atoms with Gasteiger partial charge in [-0.25, -0.2) is 0 Å². The zero-order valence-corrected chi connectivity index (χ0v) is 16.3. The monoisotopic (exact) mass is 372 g/mol. The molecule has 0 saturated carbocycles. The number of nitrogens with zero attached hydrogens (tertiary/aromatic N) is 1. The van der Waals surface area contributed by atoms with Crippen LogP contribution < -0.4 is 15.1 Å². The van der Waals surface area contributed by atoms with Crippen LogP contribution in [0.25, 0.3) is 0 Å². The number of quaternary nitrogens is 1. The first-order valence-electron chi connectivity index (χ1n) is 9.39. The van der Waals surface area contributed by atoms with Crippen LogP contribution in [0.3, 0.4) is 0 Å². The highest BCUT2D eigenvalue weighted by Gasteiger charge is 2.21. The number of hydrogen-bond donors (Lipinski definition) is 2. The van der Waals surface area contributed by atoms with Gasteiger partial charge in [-0.3, -0.25) is 4.79 Å². The molecule has 0 unspecified atom stereocenters. The molecular formula is C21H27ClN3O+. The van der Waals surface area contributed by atoms with Crippen LogP contribution in [-0.4, -0.2) is 38.6 Å². The number of halogens is 1. The number of amides is 1. The van der Waals surface area contributed by atoms with E-state index in [9.17, 15) is 4.79 Å². The third-order valence-electron chi connectivity index (χ3n) is 5.14. The Bertz CT molecular complexity index is 752. The van der Waals surface area contributed by atoms with Crippen molar-refractivity contribution in [2.75, 3.05) is 42.9 Å². The largest absolute Gasteiger partial charge is 0.359 e. The summed E-state index contributed by atoms with van der Waals surface area (Å²) in [6.07, 6.45) is 0.964. The predicted molar refractivity (Wildman–Crippen MR) is 109 cm³/mol. The molecule has 1 heterocycles. The van der Waals surface area contributed by atoms with Gasteiger partial charge >= 0.3 is 0 Å². The molecule has 2 aromatic carbocycles. The number of nitrogens with one attached hydrogen (secondary N) is 2. The summed E-state index contributed by atoms with van der Waals surface area (Å²) in [4.78, 5) is 16.6. The fraction of sp³-hybridized carbons (Fsp3) is 0.381. The Morgan fingerprint density at radius 2 is 1.81 bits per heavy atom. The molecule has 0 bridgehead atoms. The summed E-state index contributed by atoms with van der Waals surface area (Å²) in [6, 6.07) is 13.5. The Kier molecular flexibility index (Phi) is 6.17. The molecule has 2 N–H and O–H groups in total. The average Bonchev–Trinajstić information content (AvgIpc) is 2.68. The molecule has 0 aliphatic carbocycles. The van der Waals surface area contributed by atoms with Gasteiger partial charge < -0.3 is 15.1 Å². The molecule has 1 aliphatic heterocycles. The molecule has 26 heavy (non-hydrogen) atoms. The lowest BCUT2D eigenvalue weighted by Gasteiger charge is -2.34. The van der Waals surface area contributed by atoms with Gasteiger partial charge in [0, 0.05) is 10.6 Å². The van der Waals surface area contributed by atoms with Crippen LogP contribution in [0.4, 0.5) is 11.4 Å². The fourth-order valence-electron chi connectivity index (χ4n) is 3.39. The van der Waals surface area contributed by atoms with Crippen molar-refractivity contribution < 1.29 is 9.69 Å². The number of hydrogen-bond acceptors (Lipinski definition) is 2. The molecule has 138 valence electrons. The fourth-order valence-corrected chi connectivity index (χ4v) is 3.56. The summed E-state index contributed by atoms with van der Waals surface area (Å²) in [5, 5.41) is 3.68. The third kappa shape index (κ3) is 4.37. The molecule has 4 nitrogen and oxygen atoms in total. The maximum atomic E-state index is 12.7. The summed E-state index contributed by atoms with van der Waals surface area (Å²) in [5.41, 5.74) is 3.71. The van der Waals surface area contributed by atoms with E-state index >= 15 is 0 Å². The van der Waals surface area contributed by atoms with Gasteiger partial charge in [0.15, 0.2) is 0 Å². The molecule has 1 saturated heterocycles. The number of carbonyl (C=O) groups is 1. The first-order valence-corrected chi connectivity index (χ1v) is 9.76. The summed E-state index contributed by atoms with van der Waals surface area (Å²) in [7, 11) is 0. The number of likely N-dealkylation sites (N-methyl/N-ethyl adjacent to an activating group) is 1. The second-order valence-electron chi connectivity index (χ2n) is 6.76. The second-order valence-corrected chi connectivity index (χ2v) is 7.19. The van der Waals surface area contributed by atoms with E-state index in [0.29, 0.717) is 10.6 Å². The molecule has 3 rings (SSSR count). The molecule has 1 fully saturated rings. The molecule has 0 spiro atoms. The first kappa shape index (κ1) is 18.7. The Morgan fingerprint density at radius 1 is 1.12 bits per heavy atom. The standard InChI is InChI=1S/C21H26ClN3O/c1-3-16-5-7-17(8-6-16)21(26)23-19-15-18(22)9-10-20(19)25-13-11-24(4-2)12-14-25/h5-10,15H,3-4,11-14H2,1-2H3,(H,23,26)/p+1. The minimum atomic E-state index is -0.103. The van der Waals surface area contributed by atoms with Crippen molar-refractivity contribution in [3.05, 3.63) is 58.6 Å². The van der Waals surface area contributed by atoms with Crippen molar-refractivity contribution in [1.82, 2.24) is 0 Å². The molecule has 2 aromatic rings. The van der Waals surface area contributed by atoms with Crippen molar-refractivity contribution in [3.63, 3.8) is 0 Å². The second kappa shape index (κ2) is 8.56. The molecule has 0 atom stereocenters. The van der Waals surface area contributed by atoms with Crippen LogP contribution in [0, 0.1) is 0 Å². The molecule has 0 radical (unpaired) electrons. The van der Waals surface area contributed by atoms with Gasteiger partial charge in [-0.2, -0.15) is 0 Å². The van der Waals surface area contributed by atoms with Gasteiger partial charge in [-0.1, -0.05) is 30.7 Å². The van der Waals surface area contributed by atoms with E-state index in [4.69, 9.17) is 11.6 Å². The van der Waals surface area contributed by atoms with E-state index in [-0.39, 0.29) is 5.91 Å². The summed E-state index contributed by atoms with van der Waals surface area (Å²) in [6.45, 7) is 9.69. The van der Waals surface area contributed by atoms with Gasteiger partial charge in [0.2, 0.25) is 0 Å². The van der Waals surface area contributed by atoms with E-state index in [1.54, 1.807) is 4.90 Å². The maximum absolute atomic E-state index is 12.7. The highest BCUT2D eigenvalue weighted by atomic mass is 35.5. The Hall–Kier alpha value is -2.04. The topological polar surface area (TPSA) is 36.8 Å². The Morgan fingerprint density at radius 3 is 2.42 bits per heavy atom. The molecule has 0 aromatic heterocycles. The Balaban J connectivity index is 1.78. The molecule has 1 aliphatic rings. The predicted octanol–water partition coefficient (Wildman–Crippen LogP) is 2.88. The lowest BCUT2D eigenvalue weighted by Crippen LogP contribution is -3.14. The maximum Gasteiger partial charge on any atom is 0.255 e. The van der Waals surface area contributed by atoms with E-state index < -0.39 is 0 Å². The smallest absolute Gasteiger partial charge is 0.255 e. The third-order valence-corrected chi connectivity index (χ3v) is 5.38. The zero-order chi connectivity index (χ0) is 18.5. The normalized spacial score (nSPS) is 15.1. The number of aryl methyl sites for hydroxylation is 1. The summed E-state index contributed by atoms with van der Waals surface area (Å²) < 4.78 is 0. The van der Waals surface area contributed by atoms with E-state index in [1.807, 2.05) is 42.5 Å². The van der Waals surface area contributed by atoms with Crippen molar-refractivity contribution in [2.45, 2.75) is 20.3 Å². The Labute approximate surface area is 160 Å². The van der Waals surface area contributed by atoms with E-state index in [1.165, 1.54) is 5.56 Å². The van der Waals surface area contributed by atoms with Crippen molar-refractivity contribution >= 4 is 28.9 Å². The number of benzene rings is 2. The van der Waals surface area contributed by atoms with Crippen LogP contribution in [-0.2, 0) is 6.42 Å². The van der Waals surface area contributed by atoms with Crippen molar-refractivity contribution in [1.29, 1.82) is 0 Å². The van der Waals surface area contributed by atoms with Crippen molar-refractivity contribution in [2.24, 2.45) is 0 Å².